The quantitative estimate of drug-likeness (QED) is 0.187. The summed E-state index contributed by atoms with van der Waals surface area (Å²) in [4.78, 5) is 2.32. The van der Waals surface area contributed by atoms with Crippen LogP contribution in [0.25, 0.3) is 11.3 Å². The van der Waals surface area contributed by atoms with E-state index in [1.807, 2.05) is 54.6 Å². The number of nitrogens with one attached hydrogen (secondary N) is 1. The predicted molar refractivity (Wildman–Crippen MR) is 139 cm³/mol. The Morgan fingerprint density at radius 1 is 0.943 bits per heavy atom. The number of hydrogen-bond donors (Lipinski definition) is 2. The zero-order valence-electron chi connectivity index (χ0n) is 20.8. The average molecular weight is 481 g/mol. The number of aromatic nitrogens is 2. The van der Waals surface area contributed by atoms with E-state index in [0.29, 0.717) is 43.6 Å². The molecule has 0 atom stereocenters. The molecule has 0 aliphatic rings. The smallest absolute Gasteiger partial charge is 0.162 e. The van der Waals surface area contributed by atoms with Crippen molar-refractivity contribution in [2.24, 2.45) is 0 Å². The van der Waals surface area contributed by atoms with E-state index in [4.69, 9.17) is 24.7 Å². The highest BCUT2D eigenvalue weighted by Gasteiger charge is 2.08. The molecule has 0 aliphatic heterocycles. The molecule has 0 bridgehead atoms. The van der Waals surface area contributed by atoms with Crippen LogP contribution >= 0.6 is 0 Å². The number of anilines is 1. The molecule has 3 aromatic rings. The fourth-order valence-electron chi connectivity index (χ4n) is 3.56. The number of benzene rings is 2. The van der Waals surface area contributed by atoms with Gasteiger partial charge in [0.25, 0.3) is 0 Å². The highest BCUT2D eigenvalue weighted by molar-refractivity contribution is 5.63. The Bertz CT molecular complexity index is 1050. The van der Waals surface area contributed by atoms with Gasteiger partial charge in [-0.05, 0) is 61.6 Å². The normalized spacial score (nSPS) is 11.3. The zero-order chi connectivity index (χ0) is 24.9. The Morgan fingerprint density at radius 2 is 1.74 bits per heavy atom. The Hall–Kier alpha value is -3.49. The first-order valence-corrected chi connectivity index (χ1v) is 11.9. The van der Waals surface area contributed by atoms with Crippen LogP contribution in [0.5, 0.6) is 17.2 Å². The van der Waals surface area contributed by atoms with Crippen molar-refractivity contribution in [3.05, 3.63) is 66.4 Å². The first-order valence-electron chi connectivity index (χ1n) is 11.9. The largest absolute Gasteiger partial charge is 0.493 e. The van der Waals surface area contributed by atoms with E-state index in [2.05, 4.69) is 28.9 Å². The predicted octanol–water partition coefficient (Wildman–Crippen LogP) is 4.54. The van der Waals surface area contributed by atoms with Crippen molar-refractivity contribution in [1.29, 1.82) is 0 Å². The second kappa shape index (κ2) is 14.0. The number of ether oxygens (including phenoxy) is 4. The van der Waals surface area contributed by atoms with Gasteiger partial charge in [0.1, 0.15) is 19.0 Å². The second-order valence-corrected chi connectivity index (χ2v) is 7.88. The summed E-state index contributed by atoms with van der Waals surface area (Å²) in [5.74, 6) is 2.15. The molecule has 1 aromatic heterocycles. The summed E-state index contributed by atoms with van der Waals surface area (Å²) in [5.41, 5.74) is 9.49. The van der Waals surface area contributed by atoms with Gasteiger partial charge in [0.05, 0.1) is 26.0 Å². The molecule has 3 rings (SSSR count). The van der Waals surface area contributed by atoms with Crippen molar-refractivity contribution >= 4 is 5.69 Å². The number of H-pyrrole nitrogens is 1. The van der Waals surface area contributed by atoms with Gasteiger partial charge in [-0.1, -0.05) is 19.9 Å². The molecule has 1 heterocycles. The fraction of sp³-hybridized carbons (Fsp3) is 0.370. The van der Waals surface area contributed by atoms with Crippen molar-refractivity contribution in [3.8, 4) is 28.5 Å². The summed E-state index contributed by atoms with van der Waals surface area (Å²) < 4.78 is 23.1. The maximum Gasteiger partial charge on any atom is 0.162 e. The van der Waals surface area contributed by atoms with Gasteiger partial charge < -0.3 is 29.6 Å². The lowest BCUT2D eigenvalue weighted by molar-refractivity contribution is 0.143. The summed E-state index contributed by atoms with van der Waals surface area (Å²) >= 11 is 0. The van der Waals surface area contributed by atoms with E-state index in [-0.39, 0.29) is 0 Å². The lowest BCUT2D eigenvalue weighted by atomic mass is 10.1. The Balaban J connectivity index is 1.46. The van der Waals surface area contributed by atoms with Gasteiger partial charge in [0, 0.05) is 29.6 Å². The molecule has 2 aromatic carbocycles. The molecule has 0 spiro atoms. The minimum atomic E-state index is 0.393. The average Bonchev–Trinajstić information content (AvgIpc) is 3.42. The van der Waals surface area contributed by atoms with Gasteiger partial charge in [0.2, 0.25) is 0 Å². The third-order valence-electron chi connectivity index (χ3n) is 5.59. The van der Waals surface area contributed by atoms with Crippen molar-refractivity contribution in [2.75, 3.05) is 52.3 Å². The van der Waals surface area contributed by atoms with Crippen LogP contribution in [0.4, 0.5) is 5.69 Å². The van der Waals surface area contributed by atoms with Crippen LogP contribution in [0, 0.1) is 0 Å². The van der Waals surface area contributed by atoms with Gasteiger partial charge in [-0.25, -0.2) is 0 Å². The van der Waals surface area contributed by atoms with Crippen LogP contribution in [0.1, 0.15) is 19.4 Å². The van der Waals surface area contributed by atoms with E-state index in [9.17, 15) is 0 Å². The lowest BCUT2D eigenvalue weighted by Crippen LogP contribution is -2.28. The SMILES string of the molecule is CCN(CC)CCOc1ccc(N)cc1COC/C=C/COc1cc(-c2ccn[nH]2)ccc1OC. The molecule has 0 aliphatic carbocycles. The third-order valence-corrected chi connectivity index (χ3v) is 5.59. The molecular weight excluding hydrogens is 444 g/mol. The van der Waals surface area contributed by atoms with Crippen LogP contribution in [0.15, 0.2) is 60.8 Å². The molecule has 188 valence electrons. The summed E-state index contributed by atoms with van der Waals surface area (Å²) in [6, 6.07) is 13.3. The highest BCUT2D eigenvalue weighted by Crippen LogP contribution is 2.31. The van der Waals surface area contributed by atoms with Gasteiger partial charge in [-0.3, -0.25) is 5.10 Å². The van der Waals surface area contributed by atoms with Crippen molar-refractivity contribution in [1.82, 2.24) is 15.1 Å². The number of hydrogen-bond acceptors (Lipinski definition) is 7. The highest BCUT2D eigenvalue weighted by atomic mass is 16.5. The number of nitrogens with two attached hydrogens (primary N) is 1. The number of nitrogens with zero attached hydrogens (tertiary/aromatic N) is 2. The Morgan fingerprint density at radius 3 is 2.49 bits per heavy atom. The number of likely N-dealkylation sites (N-methyl/N-ethyl adjacent to an activating group) is 1. The zero-order valence-corrected chi connectivity index (χ0v) is 20.8. The molecule has 35 heavy (non-hydrogen) atoms. The van der Waals surface area contributed by atoms with E-state index >= 15 is 0 Å². The number of rotatable bonds is 15. The molecular formula is C27H36N4O4. The molecule has 0 saturated carbocycles. The van der Waals surface area contributed by atoms with Gasteiger partial charge in [0.15, 0.2) is 11.5 Å². The maximum absolute atomic E-state index is 6.00. The van der Waals surface area contributed by atoms with E-state index in [1.54, 1.807) is 13.3 Å². The van der Waals surface area contributed by atoms with E-state index < -0.39 is 0 Å². The molecule has 3 N–H and O–H groups in total. The van der Waals surface area contributed by atoms with E-state index in [0.717, 1.165) is 42.2 Å². The first-order chi connectivity index (χ1) is 17.1. The van der Waals surface area contributed by atoms with E-state index in [1.165, 1.54) is 0 Å². The number of methoxy groups -OCH3 is 1. The van der Waals surface area contributed by atoms with Gasteiger partial charge in [-0.2, -0.15) is 5.10 Å². The monoisotopic (exact) mass is 480 g/mol. The lowest BCUT2D eigenvalue weighted by Gasteiger charge is -2.19. The first kappa shape index (κ1) is 26.1. The van der Waals surface area contributed by atoms with Crippen LogP contribution in [-0.4, -0.2) is 61.7 Å². The number of nitrogen functional groups attached to an aromatic ring is 1. The standard InChI is InChI=1S/C27H36N4O4/c1-4-31(5-2)14-17-35-25-11-9-23(28)18-22(25)20-33-15-6-7-16-34-27-19-21(8-10-26(27)32-3)24-12-13-29-30-24/h6-13,18-19H,4-5,14-17,20,28H2,1-3H3,(H,29,30)/b7-6+. The molecule has 0 fully saturated rings. The minimum Gasteiger partial charge on any atom is -0.493 e. The second-order valence-electron chi connectivity index (χ2n) is 7.88. The third kappa shape index (κ3) is 8.05. The van der Waals surface area contributed by atoms with Gasteiger partial charge in [-0.15, -0.1) is 0 Å². The summed E-state index contributed by atoms with van der Waals surface area (Å²) in [5, 5.41) is 6.95. The molecule has 0 unspecified atom stereocenters. The van der Waals surface area contributed by atoms with Crippen LogP contribution in [0.3, 0.4) is 0 Å². The molecule has 8 nitrogen and oxygen atoms in total. The summed E-state index contributed by atoms with van der Waals surface area (Å²) in [6.07, 6.45) is 5.57. The Kier molecular flexibility index (Phi) is 10.5. The molecule has 0 amide bonds. The van der Waals surface area contributed by atoms with Crippen molar-refractivity contribution in [3.63, 3.8) is 0 Å². The minimum absolute atomic E-state index is 0.393. The van der Waals surface area contributed by atoms with Crippen LogP contribution < -0.4 is 19.9 Å². The Labute approximate surface area is 207 Å². The van der Waals surface area contributed by atoms with Crippen molar-refractivity contribution in [2.45, 2.75) is 20.5 Å². The molecule has 0 radical (unpaired) electrons. The summed E-state index contributed by atoms with van der Waals surface area (Å²) in [7, 11) is 1.62. The van der Waals surface area contributed by atoms with Crippen LogP contribution in [-0.2, 0) is 11.3 Å². The molecule has 0 saturated heterocycles. The summed E-state index contributed by atoms with van der Waals surface area (Å²) in [6.45, 7) is 9.09. The maximum atomic E-state index is 6.00. The van der Waals surface area contributed by atoms with Crippen LogP contribution in [0.2, 0.25) is 0 Å². The molecule has 8 heteroatoms. The fourth-order valence-corrected chi connectivity index (χ4v) is 3.56. The van der Waals surface area contributed by atoms with Gasteiger partial charge >= 0.3 is 0 Å². The topological polar surface area (TPSA) is 94.9 Å². The number of aromatic amines is 1. The van der Waals surface area contributed by atoms with Crippen molar-refractivity contribution < 1.29 is 18.9 Å².